The molecule has 2 amide bonds. The van der Waals surface area contributed by atoms with Crippen molar-refractivity contribution >= 4 is 11.7 Å². The van der Waals surface area contributed by atoms with Crippen molar-refractivity contribution in [2.24, 2.45) is 0 Å². The Kier molecular flexibility index (Phi) is 5.86. The second-order valence-corrected chi connectivity index (χ2v) is 9.72. The number of pyridine rings is 1. The molecule has 0 saturated heterocycles. The zero-order valence-corrected chi connectivity index (χ0v) is 20.0. The minimum Gasteiger partial charge on any atom is -0.391 e. The van der Waals surface area contributed by atoms with Crippen molar-refractivity contribution in [2.75, 3.05) is 5.32 Å². The summed E-state index contributed by atoms with van der Waals surface area (Å²) in [4.78, 5) is 18.1. The molecule has 4 aromatic rings. The van der Waals surface area contributed by atoms with Gasteiger partial charge in [0.1, 0.15) is 0 Å². The maximum Gasteiger partial charge on any atom is 0.319 e. The zero-order valence-electron chi connectivity index (χ0n) is 20.0. The molecular weight excluding hydrogens is 438 g/mol. The van der Waals surface area contributed by atoms with Gasteiger partial charge < -0.3 is 15.7 Å². The largest absolute Gasteiger partial charge is 0.391 e. The quantitative estimate of drug-likeness (QED) is 0.325. The minimum atomic E-state index is -0.692. The standard InChI is InChI=1S/C28H29N5O2/c1-17-13-22(25(18-9-5-4-6-10-18)32-24(17)19-15-29-30-16-19)31-27(35)33-26-20-11-7-8-12-21(20)28(2,3)14-23(26)34/h4-13,15-16,23,26,34H,14H2,1-3H3,(H,29,30)(H2,31,33,35)/t23-,26-/m1/s1. The van der Waals surface area contributed by atoms with Crippen LogP contribution < -0.4 is 10.6 Å². The summed E-state index contributed by atoms with van der Waals surface area (Å²) in [6.45, 7) is 6.19. The summed E-state index contributed by atoms with van der Waals surface area (Å²) < 4.78 is 0. The highest BCUT2D eigenvalue weighted by Gasteiger charge is 2.39. The molecule has 1 aliphatic rings. The summed E-state index contributed by atoms with van der Waals surface area (Å²) in [5.41, 5.74) is 6.63. The van der Waals surface area contributed by atoms with Gasteiger partial charge in [0.05, 0.1) is 35.4 Å². The molecule has 7 nitrogen and oxygen atoms in total. The molecule has 178 valence electrons. The smallest absolute Gasteiger partial charge is 0.319 e. The summed E-state index contributed by atoms with van der Waals surface area (Å²) in [5.74, 6) is 0. The number of carbonyl (C=O) groups is 1. The molecule has 4 N–H and O–H groups in total. The highest BCUT2D eigenvalue weighted by atomic mass is 16.3. The SMILES string of the molecule is Cc1cc(NC(=O)N[C@@H]2c3ccccc3C(C)(C)C[C@H]2O)c(-c2ccccc2)nc1-c1cn[nH]c1. The molecule has 0 fully saturated rings. The molecule has 0 unspecified atom stereocenters. The molecular formula is C28H29N5O2. The molecule has 0 bridgehead atoms. The lowest BCUT2D eigenvalue weighted by molar-refractivity contribution is 0.0883. The monoisotopic (exact) mass is 467 g/mol. The van der Waals surface area contributed by atoms with E-state index in [1.807, 2.05) is 61.5 Å². The molecule has 2 aromatic heterocycles. The lowest BCUT2D eigenvalue weighted by Crippen LogP contribution is -2.45. The number of H-pyrrole nitrogens is 1. The van der Waals surface area contributed by atoms with Crippen molar-refractivity contribution in [3.8, 4) is 22.5 Å². The van der Waals surface area contributed by atoms with E-state index in [0.717, 1.165) is 33.5 Å². The molecule has 2 aromatic carbocycles. The number of aliphatic hydroxyl groups is 1. The number of urea groups is 1. The van der Waals surface area contributed by atoms with E-state index in [2.05, 4.69) is 40.7 Å². The normalized spacial score (nSPS) is 18.5. The Balaban J connectivity index is 1.47. The number of rotatable bonds is 4. The number of fused-ring (bicyclic) bond motifs is 1. The number of benzene rings is 2. The first-order chi connectivity index (χ1) is 16.8. The first-order valence-corrected chi connectivity index (χ1v) is 11.7. The van der Waals surface area contributed by atoms with Gasteiger partial charge in [-0.15, -0.1) is 0 Å². The maximum absolute atomic E-state index is 13.2. The number of carbonyl (C=O) groups excluding carboxylic acids is 1. The molecule has 35 heavy (non-hydrogen) atoms. The number of anilines is 1. The van der Waals surface area contributed by atoms with E-state index in [1.54, 1.807) is 12.4 Å². The van der Waals surface area contributed by atoms with Crippen LogP contribution in [0.2, 0.25) is 0 Å². The number of aryl methyl sites for hydroxylation is 1. The van der Waals surface area contributed by atoms with Crippen LogP contribution in [0, 0.1) is 6.92 Å². The summed E-state index contributed by atoms with van der Waals surface area (Å²) in [7, 11) is 0. The molecule has 5 rings (SSSR count). The molecule has 0 spiro atoms. The second kappa shape index (κ2) is 9.00. The van der Waals surface area contributed by atoms with Crippen LogP contribution in [0.4, 0.5) is 10.5 Å². The van der Waals surface area contributed by atoms with E-state index in [4.69, 9.17) is 4.98 Å². The van der Waals surface area contributed by atoms with Crippen molar-refractivity contribution in [2.45, 2.75) is 44.8 Å². The fourth-order valence-corrected chi connectivity index (χ4v) is 5.01. The first-order valence-electron chi connectivity index (χ1n) is 11.7. The molecule has 0 saturated carbocycles. The van der Waals surface area contributed by atoms with Gasteiger partial charge in [0.2, 0.25) is 0 Å². The Hall–Kier alpha value is -3.97. The average molecular weight is 468 g/mol. The third-order valence-electron chi connectivity index (χ3n) is 6.70. The van der Waals surface area contributed by atoms with Gasteiger partial charge in [0.15, 0.2) is 0 Å². The van der Waals surface area contributed by atoms with Gasteiger partial charge in [-0.05, 0) is 41.5 Å². The second-order valence-electron chi connectivity index (χ2n) is 9.72. The predicted molar refractivity (Wildman–Crippen MR) is 137 cm³/mol. The summed E-state index contributed by atoms with van der Waals surface area (Å²) in [5, 5.41) is 23.8. The van der Waals surface area contributed by atoms with Gasteiger partial charge in [-0.3, -0.25) is 5.10 Å². The summed E-state index contributed by atoms with van der Waals surface area (Å²) >= 11 is 0. The summed E-state index contributed by atoms with van der Waals surface area (Å²) in [6.07, 6.45) is 3.40. The van der Waals surface area contributed by atoms with Gasteiger partial charge >= 0.3 is 6.03 Å². The number of aromatic amines is 1. The molecule has 2 heterocycles. The minimum absolute atomic E-state index is 0.172. The number of aliphatic hydroxyl groups excluding tert-OH is 1. The van der Waals surface area contributed by atoms with Crippen LogP contribution in [0.1, 0.15) is 43.0 Å². The van der Waals surface area contributed by atoms with Gasteiger partial charge in [-0.25, -0.2) is 9.78 Å². The molecule has 2 atom stereocenters. The lowest BCUT2D eigenvalue weighted by atomic mass is 9.70. The van der Waals surface area contributed by atoms with E-state index in [-0.39, 0.29) is 5.41 Å². The first kappa shape index (κ1) is 22.8. The Labute approximate surface area is 204 Å². The molecule has 7 heteroatoms. The van der Waals surface area contributed by atoms with Crippen LogP contribution in [0.3, 0.4) is 0 Å². The maximum atomic E-state index is 13.2. The predicted octanol–water partition coefficient (Wildman–Crippen LogP) is 5.35. The van der Waals surface area contributed by atoms with Crippen LogP contribution in [-0.4, -0.2) is 32.4 Å². The van der Waals surface area contributed by atoms with Crippen molar-refractivity contribution < 1.29 is 9.90 Å². The van der Waals surface area contributed by atoms with E-state index in [0.29, 0.717) is 17.8 Å². The highest BCUT2D eigenvalue weighted by Crippen LogP contribution is 2.41. The number of aromatic nitrogens is 3. The fraction of sp³-hybridized carbons (Fsp3) is 0.250. The van der Waals surface area contributed by atoms with Crippen molar-refractivity contribution in [3.05, 3.63) is 89.7 Å². The highest BCUT2D eigenvalue weighted by molar-refractivity contribution is 5.94. The van der Waals surface area contributed by atoms with Crippen LogP contribution in [0.15, 0.2) is 73.1 Å². The van der Waals surface area contributed by atoms with Gasteiger partial charge in [-0.2, -0.15) is 5.10 Å². The molecule has 0 aliphatic heterocycles. The Morgan fingerprint density at radius 3 is 2.54 bits per heavy atom. The van der Waals surface area contributed by atoms with E-state index in [9.17, 15) is 9.90 Å². The zero-order chi connectivity index (χ0) is 24.6. The Morgan fingerprint density at radius 1 is 1.06 bits per heavy atom. The van der Waals surface area contributed by atoms with Crippen LogP contribution in [0.5, 0.6) is 0 Å². The van der Waals surface area contributed by atoms with Crippen LogP contribution >= 0.6 is 0 Å². The van der Waals surface area contributed by atoms with E-state index >= 15 is 0 Å². The topological polar surface area (TPSA) is 103 Å². The Morgan fingerprint density at radius 2 is 1.80 bits per heavy atom. The number of nitrogens with one attached hydrogen (secondary N) is 3. The Bertz CT molecular complexity index is 1350. The van der Waals surface area contributed by atoms with Crippen LogP contribution in [-0.2, 0) is 5.41 Å². The number of hydrogen-bond donors (Lipinski definition) is 4. The van der Waals surface area contributed by atoms with Crippen molar-refractivity contribution in [3.63, 3.8) is 0 Å². The van der Waals surface area contributed by atoms with Gasteiger partial charge in [-0.1, -0.05) is 68.4 Å². The molecule has 0 radical (unpaired) electrons. The van der Waals surface area contributed by atoms with E-state index in [1.165, 1.54) is 0 Å². The van der Waals surface area contributed by atoms with Crippen LogP contribution in [0.25, 0.3) is 22.5 Å². The summed E-state index contributed by atoms with van der Waals surface area (Å²) in [6, 6.07) is 18.8. The number of amides is 2. The third-order valence-corrected chi connectivity index (χ3v) is 6.70. The van der Waals surface area contributed by atoms with Gasteiger partial charge in [0.25, 0.3) is 0 Å². The lowest BCUT2D eigenvalue weighted by Gasteiger charge is -2.40. The van der Waals surface area contributed by atoms with Crippen molar-refractivity contribution in [1.29, 1.82) is 0 Å². The number of nitrogens with zero attached hydrogens (tertiary/aromatic N) is 2. The number of hydrogen-bond acceptors (Lipinski definition) is 4. The van der Waals surface area contributed by atoms with Crippen molar-refractivity contribution in [1.82, 2.24) is 20.5 Å². The van der Waals surface area contributed by atoms with Gasteiger partial charge in [0, 0.05) is 17.3 Å². The third kappa shape index (κ3) is 4.42. The average Bonchev–Trinajstić information content (AvgIpc) is 3.37. The fourth-order valence-electron chi connectivity index (χ4n) is 5.01. The van der Waals surface area contributed by atoms with E-state index < -0.39 is 18.2 Å². The molecule has 1 aliphatic carbocycles.